The fourth-order valence-electron chi connectivity index (χ4n) is 1.37. The molecule has 17 heavy (non-hydrogen) atoms. The van der Waals surface area contributed by atoms with Crippen molar-refractivity contribution in [1.82, 2.24) is 0 Å². The minimum Gasteiger partial charge on any atom is -0.487 e. The molecule has 2 nitrogen and oxygen atoms in total. The van der Waals surface area contributed by atoms with Crippen LogP contribution < -0.4 is 10.5 Å². The van der Waals surface area contributed by atoms with Crippen LogP contribution in [0.25, 0.3) is 0 Å². The van der Waals surface area contributed by atoms with Crippen molar-refractivity contribution in [3.8, 4) is 5.75 Å². The highest BCUT2D eigenvalue weighted by Gasteiger charge is 2.01. The van der Waals surface area contributed by atoms with Crippen LogP contribution >= 0.6 is 24.0 Å². The number of nitrogen functional groups attached to an aromatic ring is 1. The molecule has 0 aliphatic rings. The van der Waals surface area contributed by atoms with Crippen LogP contribution in [0.15, 0.2) is 48.5 Å². The lowest BCUT2D eigenvalue weighted by Crippen LogP contribution is -1.98. The molecular formula is C13H13Cl2NO. The van der Waals surface area contributed by atoms with Crippen molar-refractivity contribution in [2.45, 2.75) is 6.61 Å². The van der Waals surface area contributed by atoms with Gasteiger partial charge in [0.2, 0.25) is 0 Å². The summed E-state index contributed by atoms with van der Waals surface area (Å²) in [6, 6.07) is 15.1. The lowest BCUT2D eigenvalue weighted by Gasteiger charge is -2.09. The molecule has 2 rings (SSSR count). The Morgan fingerprint density at radius 1 is 1.06 bits per heavy atom. The number of nitrogens with two attached hydrogens (primary N) is 1. The van der Waals surface area contributed by atoms with Gasteiger partial charge in [-0.1, -0.05) is 41.9 Å². The molecule has 0 aliphatic heterocycles. The molecule has 90 valence electrons. The molecule has 2 aromatic rings. The maximum Gasteiger partial charge on any atom is 0.144 e. The van der Waals surface area contributed by atoms with Crippen molar-refractivity contribution in [2.75, 3.05) is 5.73 Å². The van der Waals surface area contributed by atoms with Crippen LogP contribution in [0.3, 0.4) is 0 Å². The van der Waals surface area contributed by atoms with Crippen molar-refractivity contribution in [2.24, 2.45) is 0 Å². The van der Waals surface area contributed by atoms with E-state index in [1.54, 1.807) is 18.2 Å². The van der Waals surface area contributed by atoms with Gasteiger partial charge >= 0.3 is 0 Å². The summed E-state index contributed by atoms with van der Waals surface area (Å²) in [5.74, 6) is 0.622. The third-order valence-electron chi connectivity index (χ3n) is 2.21. The zero-order valence-electron chi connectivity index (χ0n) is 9.10. The molecule has 0 aliphatic carbocycles. The van der Waals surface area contributed by atoms with Gasteiger partial charge in [-0.15, -0.1) is 12.4 Å². The summed E-state index contributed by atoms with van der Waals surface area (Å²) in [5, 5.41) is 0.622. The number of hydrogen-bond acceptors (Lipinski definition) is 2. The Kier molecular flexibility index (Phi) is 5.13. The number of hydrogen-bond donors (Lipinski definition) is 1. The highest BCUT2D eigenvalue weighted by Crippen LogP contribution is 2.26. The van der Waals surface area contributed by atoms with Crippen LogP contribution in [0, 0.1) is 0 Å². The van der Waals surface area contributed by atoms with Crippen molar-refractivity contribution in [3.05, 3.63) is 59.1 Å². The van der Waals surface area contributed by atoms with E-state index in [0.717, 1.165) is 5.56 Å². The average Bonchev–Trinajstić information content (AvgIpc) is 2.32. The van der Waals surface area contributed by atoms with Crippen molar-refractivity contribution >= 4 is 29.7 Å². The largest absolute Gasteiger partial charge is 0.487 e. The van der Waals surface area contributed by atoms with Gasteiger partial charge in [-0.3, -0.25) is 0 Å². The summed E-state index contributed by atoms with van der Waals surface area (Å²) >= 11 is 5.86. The van der Waals surface area contributed by atoms with E-state index in [9.17, 15) is 0 Å². The van der Waals surface area contributed by atoms with Gasteiger partial charge in [-0.2, -0.15) is 0 Å². The maximum atomic E-state index is 5.86. The third kappa shape index (κ3) is 3.84. The Morgan fingerprint density at radius 3 is 2.47 bits per heavy atom. The second kappa shape index (κ2) is 6.38. The number of halogens is 2. The van der Waals surface area contributed by atoms with Gasteiger partial charge in [-0.05, 0) is 17.7 Å². The molecule has 0 saturated heterocycles. The Labute approximate surface area is 112 Å². The SMILES string of the molecule is Cl.Nc1ccc(Cl)cc1OCc1ccccc1. The molecule has 0 heterocycles. The van der Waals surface area contributed by atoms with Crippen LogP contribution in [0.5, 0.6) is 5.75 Å². The van der Waals surface area contributed by atoms with Gasteiger partial charge in [-0.25, -0.2) is 0 Å². The average molecular weight is 270 g/mol. The topological polar surface area (TPSA) is 35.2 Å². The molecule has 2 N–H and O–H groups in total. The lowest BCUT2D eigenvalue weighted by molar-refractivity contribution is 0.308. The van der Waals surface area contributed by atoms with E-state index in [4.69, 9.17) is 22.1 Å². The highest BCUT2D eigenvalue weighted by molar-refractivity contribution is 6.30. The van der Waals surface area contributed by atoms with Crippen LogP contribution in [0.4, 0.5) is 5.69 Å². The second-order valence-corrected chi connectivity index (χ2v) is 3.89. The van der Waals surface area contributed by atoms with Gasteiger partial charge in [0.15, 0.2) is 0 Å². The molecule has 0 amide bonds. The van der Waals surface area contributed by atoms with Gasteiger partial charge in [0.25, 0.3) is 0 Å². The Morgan fingerprint density at radius 2 is 1.76 bits per heavy atom. The first-order valence-electron chi connectivity index (χ1n) is 4.97. The third-order valence-corrected chi connectivity index (χ3v) is 2.45. The first-order valence-corrected chi connectivity index (χ1v) is 5.35. The van der Waals surface area contributed by atoms with Gasteiger partial charge in [0, 0.05) is 11.1 Å². The molecule has 0 atom stereocenters. The van der Waals surface area contributed by atoms with Crippen LogP contribution in [-0.4, -0.2) is 0 Å². The highest BCUT2D eigenvalue weighted by atomic mass is 35.5. The first-order chi connectivity index (χ1) is 7.75. The number of rotatable bonds is 3. The van der Waals surface area contributed by atoms with Crippen molar-refractivity contribution in [1.29, 1.82) is 0 Å². The fraction of sp³-hybridized carbons (Fsp3) is 0.0769. The summed E-state index contributed by atoms with van der Waals surface area (Å²) in [7, 11) is 0. The number of anilines is 1. The number of ether oxygens (including phenoxy) is 1. The van der Waals surface area contributed by atoms with E-state index in [-0.39, 0.29) is 12.4 Å². The van der Waals surface area contributed by atoms with E-state index in [2.05, 4.69) is 0 Å². The molecule has 4 heteroatoms. The minimum atomic E-state index is 0. The molecule has 2 aromatic carbocycles. The van der Waals surface area contributed by atoms with E-state index in [1.165, 1.54) is 0 Å². The smallest absolute Gasteiger partial charge is 0.144 e. The quantitative estimate of drug-likeness (QED) is 0.858. The first kappa shape index (κ1) is 13.7. The van der Waals surface area contributed by atoms with Crippen LogP contribution in [0.1, 0.15) is 5.56 Å². The van der Waals surface area contributed by atoms with Gasteiger partial charge < -0.3 is 10.5 Å². The predicted octanol–water partition coefficient (Wildman–Crippen LogP) is 3.92. The Bertz CT molecular complexity index is 474. The van der Waals surface area contributed by atoms with Crippen molar-refractivity contribution in [3.63, 3.8) is 0 Å². The molecule has 0 aromatic heterocycles. The second-order valence-electron chi connectivity index (χ2n) is 3.46. The summed E-state index contributed by atoms with van der Waals surface area (Å²) < 4.78 is 5.59. The van der Waals surface area contributed by atoms with Gasteiger partial charge in [0.1, 0.15) is 12.4 Å². The Balaban J connectivity index is 0.00000144. The van der Waals surface area contributed by atoms with E-state index in [1.807, 2.05) is 30.3 Å². The Hall–Kier alpha value is -1.38. The molecule has 0 spiro atoms. The normalized spacial score (nSPS) is 9.47. The van der Waals surface area contributed by atoms with E-state index in [0.29, 0.717) is 23.1 Å². The van der Waals surface area contributed by atoms with E-state index >= 15 is 0 Å². The molecule has 0 saturated carbocycles. The minimum absolute atomic E-state index is 0. The molecular weight excluding hydrogens is 257 g/mol. The monoisotopic (exact) mass is 269 g/mol. The zero-order chi connectivity index (χ0) is 11.4. The summed E-state index contributed by atoms with van der Waals surface area (Å²) in [6.07, 6.45) is 0. The summed E-state index contributed by atoms with van der Waals surface area (Å²) in [5.41, 5.74) is 7.47. The van der Waals surface area contributed by atoms with Gasteiger partial charge in [0.05, 0.1) is 5.69 Å². The number of benzene rings is 2. The zero-order valence-corrected chi connectivity index (χ0v) is 10.7. The summed E-state index contributed by atoms with van der Waals surface area (Å²) in [4.78, 5) is 0. The predicted molar refractivity (Wildman–Crippen MR) is 73.9 cm³/mol. The molecule has 0 unspecified atom stereocenters. The van der Waals surface area contributed by atoms with E-state index < -0.39 is 0 Å². The summed E-state index contributed by atoms with van der Waals surface area (Å²) in [6.45, 7) is 0.491. The maximum absolute atomic E-state index is 5.86. The lowest BCUT2D eigenvalue weighted by atomic mass is 10.2. The molecule has 0 radical (unpaired) electrons. The van der Waals surface area contributed by atoms with Crippen LogP contribution in [-0.2, 0) is 6.61 Å². The molecule has 0 fully saturated rings. The standard InChI is InChI=1S/C13H12ClNO.ClH/c14-11-6-7-12(15)13(8-11)16-9-10-4-2-1-3-5-10;/h1-8H,9,15H2;1H. The molecule has 0 bridgehead atoms. The fourth-order valence-corrected chi connectivity index (χ4v) is 1.53. The van der Waals surface area contributed by atoms with Crippen LogP contribution in [0.2, 0.25) is 5.02 Å². The van der Waals surface area contributed by atoms with Crippen molar-refractivity contribution < 1.29 is 4.74 Å².